The van der Waals surface area contributed by atoms with Gasteiger partial charge in [-0.2, -0.15) is 0 Å². The third-order valence-electron chi connectivity index (χ3n) is 4.70. The van der Waals surface area contributed by atoms with Gasteiger partial charge in [-0.1, -0.05) is 13.3 Å². The van der Waals surface area contributed by atoms with E-state index in [-0.39, 0.29) is 5.91 Å². The Labute approximate surface area is 143 Å². The zero-order chi connectivity index (χ0) is 17.0. The molecule has 1 aromatic heterocycles. The predicted octanol–water partition coefficient (Wildman–Crippen LogP) is 1.69. The van der Waals surface area contributed by atoms with Crippen molar-refractivity contribution in [3.05, 3.63) is 18.0 Å². The summed E-state index contributed by atoms with van der Waals surface area (Å²) in [4.78, 5) is 25.1. The van der Waals surface area contributed by atoms with Gasteiger partial charge < -0.3 is 19.3 Å². The first-order valence-electron chi connectivity index (χ1n) is 8.74. The molecule has 7 heteroatoms. The number of aromatic nitrogens is 2. The number of rotatable bonds is 5. The number of carbonyl (C=O) groups is 1. The summed E-state index contributed by atoms with van der Waals surface area (Å²) in [7, 11) is 1.97. The minimum atomic E-state index is -0.459. The molecule has 2 aliphatic rings. The molecule has 0 N–H and O–H groups in total. The Morgan fingerprint density at radius 1 is 1.25 bits per heavy atom. The van der Waals surface area contributed by atoms with Gasteiger partial charge in [0.05, 0.1) is 18.8 Å². The van der Waals surface area contributed by atoms with Crippen LogP contribution in [-0.4, -0.2) is 66.5 Å². The monoisotopic (exact) mass is 334 g/mol. The molecule has 0 saturated carbocycles. The van der Waals surface area contributed by atoms with Crippen LogP contribution in [0.15, 0.2) is 12.4 Å². The number of piperidine rings is 1. The molecule has 7 nitrogen and oxygen atoms in total. The molecule has 0 aromatic carbocycles. The van der Waals surface area contributed by atoms with Crippen LogP contribution >= 0.6 is 0 Å². The van der Waals surface area contributed by atoms with E-state index in [1.165, 1.54) is 0 Å². The largest absolute Gasteiger partial charge is 0.347 e. The first-order chi connectivity index (χ1) is 11.6. The molecule has 24 heavy (non-hydrogen) atoms. The molecule has 0 bridgehead atoms. The summed E-state index contributed by atoms with van der Waals surface area (Å²) in [6, 6.07) is 0. The van der Waals surface area contributed by atoms with Crippen LogP contribution < -0.4 is 4.90 Å². The second-order valence-corrected chi connectivity index (χ2v) is 6.45. The van der Waals surface area contributed by atoms with E-state index in [0.717, 1.165) is 32.2 Å². The highest BCUT2D eigenvalue weighted by molar-refractivity contribution is 5.93. The fraction of sp³-hybridized carbons (Fsp3) is 0.706. The van der Waals surface area contributed by atoms with Crippen molar-refractivity contribution < 1.29 is 14.3 Å². The normalized spacial score (nSPS) is 19.7. The van der Waals surface area contributed by atoms with Crippen LogP contribution in [0, 0.1) is 0 Å². The van der Waals surface area contributed by atoms with Crippen LogP contribution in [0.4, 0.5) is 5.95 Å². The number of hydrogen-bond donors (Lipinski definition) is 0. The molecule has 2 fully saturated rings. The third kappa shape index (κ3) is 3.67. The van der Waals surface area contributed by atoms with Crippen LogP contribution in [0.1, 0.15) is 43.0 Å². The van der Waals surface area contributed by atoms with Gasteiger partial charge in [0.25, 0.3) is 5.91 Å². The number of unbranched alkanes of at least 4 members (excludes halogenated alkanes) is 1. The number of likely N-dealkylation sites (tertiary alicyclic amines) is 1. The molecule has 2 saturated heterocycles. The van der Waals surface area contributed by atoms with Gasteiger partial charge in [0, 0.05) is 51.9 Å². The van der Waals surface area contributed by atoms with E-state index in [1.807, 2.05) is 16.8 Å². The van der Waals surface area contributed by atoms with Gasteiger partial charge in [0.15, 0.2) is 5.79 Å². The molecule has 2 aliphatic heterocycles. The zero-order valence-corrected chi connectivity index (χ0v) is 14.5. The minimum absolute atomic E-state index is 0.0226. The second-order valence-electron chi connectivity index (χ2n) is 6.45. The van der Waals surface area contributed by atoms with Crippen LogP contribution in [-0.2, 0) is 9.47 Å². The molecule has 0 aliphatic carbocycles. The van der Waals surface area contributed by atoms with Crippen LogP contribution in [0.2, 0.25) is 0 Å². The summed E-state index contributed by atoms with van der Waals surface area (Å²) >= 11 is 0. The van der Waals surface area contributed by atoms with Gasteiger partial charge in [-0.25, -0.2) is 9.97 Å². The summed E-state index contributed by atoms with van der Waals surface area (Å²) in [5.74, 6) is 0.176. The average molecular weight is 334 g/mol. The smallest absolute Gasteiger partial charge is 0.256 e. The molecule has 0 unspecified atom stereocenters. The van der Waals surface area contributed by atoms with Gasteiger partial charge in [0.2, 0.25) is 5.95 Å². The van der Waals surface area contributed by atoms with Gasteiger partial charge in [-0.15, -0.1) is 0 Å². The first kappa shape index (κ1) is 17.1. The summed E-state index contributed by atoms with van der Waals surface area (Å²) < 4.78 is 11.4. The molecule has 1 spiro atoms. The van der Waals surface area contributed by atoms with Crippen molar-refractivity contribution in [2.24, 2.45) is 0 Å². The molecular weight excluding hydrogens is 308 g/mol. The number of ether oxygens (including phenoxy) is 2. The molecule has 0 atom stereocenters. The lowest BCUT2D eigenvalue weighted by atomic mass is 10.0. The maximum Gasteiger partial charge on any atom is 0.256 e. The highest BCUT2D eigenvalue weighted by Gasteiger charge is 2.40. The summed E-state index contributed by atoms with van der Waals surface area (Å²) in [6.45, 7) is 5.64. The lowest BCUT2D eigenvalue weighted by Gasteiger charge is -2.37. The number of anilines is 1. The molecule has 3 heterocycles. The molecular formula is C17H26N4O3. The predicted molar refractivity (Wildman–Crippen MR) is 90.0 cm³/mol. The minimum Gasteiger partial charge on any atom is -0.347 e. The summed E-state index contributed by atoms with van der Waals surface area (Å²) in [5.41, 5.74) is 0.534. The molecule has 0 radical (unpaired) electrons. The quantitative estimate of drug-likeness (QED) is 0.816. The highest BCUT2D eigenvalue weighted by Crippen LogP contribution is 2.31. The van der Waals surface area contributed by atoms with E-state index in [2.05, 4.69) is 16.9 Å². The van der Waals surface area contributed by atoms with E-state index >= 15 is 0 Å². The first-order valence-corrected chi connectivity index (χ1v) is 8.74. The van der Waals surface area contributed by atoms with E-state index in [4.69, 9.17) is 9.47 Å². The SMILES string of the molecule is CCCCN(C)c1ncc(C(=O)N2CCC3(CC2)OCCO3)cn1. The Hall–Kier alpha value is -1.73. The maximum atomic E-state index is 12.6. The Morgan fingerprint density at radius 3 is 2.46 bits per heavy atom. The molecule has 132 valence electrons. The Kier molecular flexibility index (Phi) is 5.30. The lowest BCUT2D eigenvalue weighted by molar-refractivity contribution is -0.181. The van der Waals surface area contributed by atoms with Crippen molar-refractivity contribution >= 4 is 11.9 Å². The number of amides is 1. The highest BCUT2D eigenvalue weighted by atomic mass is 16.7. The maximum absolute atomic E-state index is 12.6. The van der Waals surface area contributed by atoms with E-state index < -0.39 is 5.79 Å². The Morgan fingerprint density at radius 2 is 1.88 bits per heavy atom. The molecule has 3 rings (SSSR count). The van der Waals surface area contributed by atoms with Crippen molar-refractivity contribution in [2.75, 3.05) is 44.8 Å². The van der Waals surface area contributed by atoms with Gasteiger partial charge in [0.1, 0.15) is 0 Å². The number of nitrogens with zero attached hydrogens (tertiary/aromatic N) is 4. The van der Waals surface area contributed by atoms with Crippen LogP contribution in [0.5, 0.6) is 0 Å². The van der Waals surface area contributed by atoms with Crippen molar-refractivity contribution in [1.82, 2.24) is 14.9 Å². The fourth-order valence-corrected chi connectivity index (χ4v) is 3.14. The van der Waals surface area contributed by atoms with Crippen molar-refractivity contribution in [3.63, 3.8) is 0 Å². The zero-order valence-electron chi connectivity index (χ0n) is 14.5. The topological polar surface area (TPSA) is 67.8 Å². The number of carbonyl (C=O) groups excluding carboxylic acids is 1. The van der Waals surface area contributed by atoms with Gasteiger partial charge >= 0.3 is 0 Å². The van der Waals surface area contributed by atoms with Crippen LogP contribution in [0.25, 0.3) is 0 Å². The Balaban J connectivity index is 1.57. The fourth-order valence-electron chi connectivity index (χ4n) is 3.14. The summed E-state index contributed by atoms with van der Waals surface area (Å²) in [6.07, 6.45) is 6.92. The van der Waals surface area contributed by atoms with E-state index in [1.54, 1.807) is 12.4 Å². The standard InChI is InChI=1S/C17H26N4O3/c1-3-4-7-20(2)16-18-12-14(13-19-16)15(22)21-8-5-17(6-9-21)23-10-11-24-17/h12-13H,3-11H2,1-2H3. The van der Waals surface area contributed by atoms with Crippen molar-refractivity contribution in [1.29, 1.82) is 0 Å². The third-order valence-corrected chi connectivity index (χ3v) is 4.70. The van der Waals surface area contributed by atoms with Crippen LogP contribution in [0.3, 0.4) is 0 Å². The second kappa shape index (κ2) is 7.44. The van der Waals surface area contributed by atoms with E-state index in [0.29, 0.717) is 37.8 Å². The van der Waals surface area contributed by atoms with Crippen molar-refractivity contribution in [2.45, 2.75) is 38.4 Å². The van der Waals surface area contributed by atoms with Crippen molar-refractivity contribution in [3.8, 4) is 0 Å². The Bertz CT molecular complexity index is 547. The number of hydrogen-bond acceptors (Lipinski definition) is 6. The average Bonchev–Trinajstić information content (AvgIpc) is 3.08. The van der Waals surface area contributed by atoms with E-state index in [9.17, 15) is 4.79 Å². The van der Waals surface area contributed by atoms with Gasteiger partial charge in [-0.05, 0) is 6.42 Å². The summed E-state index contributed by atoms with van der Waals surface area (Å²) in [5, 5.41) is 0. The molecule has 1 amide bonds. The lowest BCUT2D eigenvalue weighted by Crippen LogP contribution is -2.47. The van der Waals surface area contributed by atoms with Gasteiger partial charge in [-0.3, -0.25) is 4.79 Å². The molecule has 1 aromatic rings.